The second-order valence-corrected chi connectivity index (χ2v) is 10.8. The van der Waals surface area contributed by atoms with Crippen molar-refractivity contribution in [2.24, 2.45) is 17.8 Å². The molecule has 186 valence electrons. The van der Waals surface area contributed by atoms with Crippen LogP contribution in [0.5, 0.6) is 0 Å². The first kappa shape index (κ1) is 25.7. The summed E-state index contributed by atoms with van der Waals surface area (Å²) in [5.74, 6) is 2.78. The minimum absolute atomic E-state index is 0.103. The van der Waals surface area contributed by atoms with Crippen molar-refractivity contribution >= 4 is 11.8 Å². The number of hydrogen-bond acceptors (Lipinski definition) is 4. The second-order valence-electron chi connectivity index (χ2n) is 10.8. The topological polar surface area (TPSA) is 70.5 Å². The lowest BCUT2D eigenvalue weighted by Gasteiger charge is -2.42. The molecule has 1 aromatic heterocycles. The first-order chi connectivity index (χ1) is 15.8. The van der Waals surface area contributed by atoms with Gasteiger partial charge in [0.05, 0.1) is 6.04 Å². The molecule has 0 bridgehead atoms. The molecule has 0 spiro atoms. The molecule has 0 aliphatic carbocycles. The molecule has 3 rings (SSSR count). The van der Waals surface area contributed by atoms with Gasteiger partial charge in [0.1, 0.15) is 11.9 Å². The predicted octanol–water partition coefficient (Wildman–Crippen LogP) is 3.34. The van der Waals surface area contributed by atoms with E-state index < -0.39 is 0 Å². The Bertz CT molecular complexity index is 766. The van der Waals surface area contributed by atoms with Gasteiger partial charge in [0, 0.05) is 51.5 Å². The summed E-state index contributed by atoms with van der Waals surface area (Å²) in [7, 11) is 0. The lowest BCUT2D eigenvalue weighted by Crippen LogP contribution is -2.62. The van der Waals surface area contributed by atoms with Gasteiger partial charge in [-0.25, -0.2) is 4.98 Å². The molecule has 33 heavy (non-hydrogen) atoms. The highest BCUT2D eigenvalue weighted by atomic mass is 16.2. The van der Waals surface area contributed by atoms with Crippen LogP contribution in [0.15, 0.2) is 12.4 Å². The summed E-state index contributed by atoms with van der Waals surface area (Å²) in [6.45, 7) is 14.7. The van der Waals surface area contributed by atoms with Gasteiger partial charge in [-0.3, -0.25) is 9.59 Å². The van der Waals surface area contributed by atoms with Crippen LogP contribution in [0.25, 0.3) is 0 Å². The minimum Gasteiger partial charge on any atom is -0.341 e. The van der Waals surface area contributed by atoms with E-state index in [1.807, 2.05) is 16.0 Å². The normalized spacial score (nSPS) is 21.3. The van der Waals surface area contributed by atoms with Gasteiger partial charge in [-0.2, -0.15) is 0 Å². The Labute approximate surface area is 200 Å². The Hall–Kier alpha value is -1.89. The smallest absolute Gasteiger partial charge is 0.245 e. The van der Waals surface area contributed by atoms with E-state index in [2.05, 4.69) is 55.7 Å². The second kappa shape index (κ2) is 12.0. The van der Waals surface area contributed by atoms with Crippen LogP contribution in [-0.4, -0.2) is 69.4 Å². The molecule has 7 heteroatoms. The number of piperidine rings is 1. The number of carbonyl (C=O) groups is 2. The van der Waals surface area contributed by atoms with Crippen LogP contribution < -0.4 is 5.32 Å². The molecule has 3 heterocycles. The van der Waals surface area contributed by atoms with Gasteiger partial charge in [0.15, 0.2) is 0 Å². The quantitative estimate of drug-likeness (QED) is 0.583. The fourth-order valence-electron chi connectivity index (χ4n) is 5.33. The zero-order chi connectivity index (χ0) is 24.0. The van der Waals surface area contributed by atoms with Crippen molar-refractivity contribution in [3.63, 3.8) is 0 Å². The molecule has 2 saturated heterocycles. The molecule has 2 aliphatic heterocycles. The molecule has 7 nitrogen and oxygen atoms in total. The molecule has 1 unspecified atom stereocenters. The average molecular weight is 460 g/mol. The SMILES string of the molecule is CCCn1ccnc1CC1CCN(C(=O)[C@H](CC(C)C)N2CCNC(CC(C)C)C2=O)CC1. The van der Waals surface area contributed by atoms with E-state index in [1.54, 1.807) is 0 Å². The molecule has 2 amide bonds. The Morgan fingerprint density at radius 2 is 1.88 bits per heavy atom. The first-order valence-corrected chi connectivity index (χ1v) is 13.1. The van der Waals surface area contributed by atoms with Gasteiger partial charge in [-0.05, 0) is 49.9 Å². The van der Waals surface area contributed by atoms with Gasteiger partial charge < -0.3 is 19.7 Å². The van der Waals surface area contributed by atoms with Crippen LogP contribution in [0.4, 0.5) is 0 Å². The highest BCUT2D eigenvalue weighted by molar-refractivity contribution is 5.90. The van der Waals surface area contributed by atoms with Crippen molar-refractivity contribution < 1.29 is 9.59 Å². The van der Waals surface area contributed by atoms with E-state index >= 15 is 0 Å². The summed E-state index contributed by atoms with van der Waals surface area (Å²) >= 11 is 0. The number of hydrogen-bond donors (Lipinski definition) is 1. The number of rotatable bonds is 10. The van der Waals surface area contributed by atoms with Gasteiger partial charge in [-0.1, -0.05) is 34.6 Å². The summed E-state index contributed by atoms with van der Waals surface area (Å²) in [5, 5.41) is 3.37. The van der Waals surface area contributed by atoms with Crippen molar-refractivity contribution in [2.45, 2.75) is 91.8 Å². The molecule has 0 saturated carbocycles. The molecule has 0 radical (unpaired) electrons. The molecular formula is C26H45N5O2. The van der Waals surface area contributed by atoms with Crippen molar-refractivity contribution in [1.82, 2.24) is 24.7 Å². The predicted molar refractivity (Wildman–Crippen MR) is 132 cm³/mol. The summed E-state index contributed by atoms with van der Waals surface area (Å²) in [5.41, 5.74) is 0. The van der Waals surface area contributed by atoms with Gasteiger partial charge in [-0.15, -0.1) is 0 Å². The van der Waals surface area contributed by atoms with Crippen molar-refractivity contribution in [2.75, 3.05) is 26.2 Å². The number of likely N-dealkylation sites (tertiary alicyclic amines) is 1. The molecular weight excluding hydrogens is 414 g/mol. The summed E-state index contributed by atoms with van der Waals surface area (Å²) in [6, 6.07) is -0.506. The van der Waals surface area contributed by atoms with Crippen molar-refractivity contribution in [3.05, 3.63) is 18.2 Å². The first-order valence-electron chi connectivity index (χ1n) is 13.1. The van der Waals surface area contributed by atoms with Crippen LogP contribution in [0, 0.1) is 17.8 Å². The van der Waals surface area contributed by atoms with E-state index in [9.17, 15) is 9.59 Å². The minimum atomic E-state index is -0.339. The number of piperazine rings is 1. The number of aryl methyl sites for hydroxylation is 1. The van der Waals surface area contributed by atoms with Crippen molar-refractivity contribution in [3.8, 4) is 0 Å². The lowest BCUT2D eigenvalue weighted by atomic mass is 9.91. The number of nitrogens with zero attached hydrogens (tertiary/aromatic N) is 4. The standard InChI is InChI=1S/C26H45N5O2/c1-6-11-29-14-9-28-24(29)18-21-7-12-30(13-8-21)26(33)23(17-20(4)5)31-15-10-27-22(25(31)32)16-19(2)3/h9,14,19-23,27H,6-8,10-13,15-18H2,1-5H3/t22?,23-/m0/s1. The lowest BCUT2D eigenvalue weighted by molar-refractivity contribution is -0.150. The molecule has 1 N–H and O–H groups in total. The number of imidazole rings is 1. The van der Waals surface area contributed by atoms with Gasteiger partial charge >= 0.3 is 0 Å². The van der Waals surface area contributed by atoms with Crippen LogP contribution in [0.2, 0.25) is 0 Å². The maximum absolute atomic E-state index is 13.7. The highest BCUT2D eigenvalue weighted by Gasteiger charge is 2.39. The van der Waals surface area contributed by atoms with Crippen LogP contribution in [-0.2, 0) is 22.6 Å². The van der Waals surface area contributed by atoms with E-state index in [4.69, 9.17) is 0 Å². The molecule has 0 aromatic carbocycles. The molecule has 2 fully saturated rings. The van der Waals surface area contributed by atoms with Gasteiger partial charge in [0.2, 0.25) is 11.8 Å². The Morgan fingerprint density at radius 3 is 2.52 bits per heavy atom. The average Bonchev–Trinajstić information content (AvgIpc) is 3.20. The van der Waals surface area contributed by atoms with Crippen molar-refractivity contribution in [1.29, 1.82) is 0 Å². The zero-order valence-electron chi connectivity index (χ0n) is 21.4. The maximum atomic E-state index is 13.7. The fraction of sp³-hybridized carbons (Fsp3) is 0.808. The van der Waals surface area contributed by atoms with E-state index in [0.717, 1.165) is 64.7 Å². The molecule has 2 atom stereocenters. The zero-order valence-corrected chi connectivity index (χ0v) is 21.4. The molecule has 1 aromatic rings. The van der Waals surface area contributed by atoms with E-state index in [1.165, 1.54) is 5.82 Å². The molecule has 2 aliphatic rings. The van der Waals surface area contributed by atoms with Crippen LogP contribution >= 0.6 is 0 Å². The monoisotopic (exact) mass is 459 g/mol. The third kappa shape index (κ3) is 6.81. The van der Waals surface area contributed by atoms with Gasteiger partial charge in [0.25, 0.3) is 0 Å². The number of aromatic nitrogens is 2. The highest BCUT2D eigenvalue weighted by Crippen LogP contribution is 2.25. The third-order valence-corrected chi connectivity index (χ3v) is 7.05. The number of nitrogens with one attached hydrogen (secondary N) is 1. The number of amides is 2. The van der Waals surface area contributed by atoms with E-state index in [-0.39, 0.29) is 23.9 Å². The Kier molecular flexibility index (Phi) is 9.36. The van der Waals surface area contributed by atoms with Crippen LogP contribution in [0.1, 0.15) is 72.5 Å². The fourth-order valence-corrected chi connectivity index (χ4v) is 5.33. The largest absolute Gasteiger partial charge is 0.341 e. The third-order valence-electron chi connectivity index (χ3n) is 7.05. The van der Waals surface area contributed by atoms with Crippen LogP contribution in [0.3, 0.4) is 0 Å². The Balaban J connectivity index is 1.62. The summed E-state index contributed by atoms with van der Waals surface area (Å²) < 4.78 is 2.26. The number of carbonyl (C=O) groups excluding carboxylic acids is 2. The maximum Gasteiger partial charge on any atom is 0.245 e. The summed E-state index contributed by atoms with van der Waals surface area (Å²) in [6.07, 6.45) is 9.62. The summed E-state index contributed by atoms with van der Waals surface area (Å²) in [4.78, 5) is 35.4. The Morgan fingerprint density at radius 1 is 1.15 bits per heavy atom. The van der Waals surface area contributed by atoms with E-state index in [0.29, 0.717) is 24.3 Å².